The molecule has 0 unspecified atom stereocenters. The Morgan fingerprint density at radius 2 is 2.20 bits per heavy atom. The van der Waals surface area contributed by atoms with Gasteiger partial charge < -0.3 is 4.98 Å². The van der Waals surface area contributed by atoms with E-state index in [9.17, 15) is 4.79 Å². The van der Waals surface area contributed by atoms with Crippen molar-refractivity contribution in [3.63, 3.8) is 0 Å². The van der Waals surface area contributed by atoms with Gasteiger partial charge in [-0.1, -0.05) is 37.2 Å². The number of aromatic amines is 1. The third-order valence-corrected chi connectivity index (χ3v) is 3.40. The van der Waals surface area contributed by atoms with E-state index in [1.165, 1.54) is 36.2 Å². The van der Waals surface area contributed by atoms with Gasteiger partial charge in [-0.15, -0.1) is 0 Å². The number of benzene rings is 1. The highest BCUT2D eigenvalue weighted by molar-refractivity contribution is 7.16. The van der Waals surface area contributed by atoms with Crippen molar-refractivity contribution in [2.24, 2.45) is 0 Å². The first-order chi connectivity index (χ1) is 7.29. The summed E-state index contributed by atoms with van der Waals surface area (Å²) in [7, 11) is 0. The van der Waals surface area contributed by atoms with E-state index in [0.717, 1.165) is 16.6 Å². The second-order valence-corrected chi connectivity index (χ2v) is 4.82. The molecule has 0 saturated carbocycles. The maximum atomic E-state index is 11.1. The number of H-pyrrole nitrogens is 1. The Kier molecular flexibility index (Phi) is 3.21. The fourth-order valence-corrected chi connectivity index (χ4v) is 2.52. The number of hydrogen-bond acceptors (Lipinski definition) is 2. The lowest BCUT2D eigenvalue weighted by atomic mass is 10.1. The van der Waals surface area contributed by atoms with Crippen LogP contribution >= 0.6 is 11.3 Å². The van der Waals surface area contributed by atoms with Gasteiger partial charge in [0.15, 0.2) is 0 Å². The van der Waals surface area contributed by atoms with Crippen molar-refractivity contribution in [1.82, 2.24) is 4.98 Å². The van der Waals surface area contributed by atoms with Crippen LogP contribution < -0.4 is 4.87 Å². The lowest BCUT2D eigenvalue weighted by molar-refractivity contribution is 0.718. The minimum Gasteiger partial charge on any atom is -0.312 e. The molecule has 80 valence electrons. The number of aromatic nitrogens is 1. The molecule has 15 heavy (non-hydrogen) atoms. The van der Waals surface area contributed by atoms with Crippen LogP contribution in [0.2, 0.25) is 0 Å². The first-order valence-electron chi connectivity index (χ1n) is 5.41. The van der Waals surface area contributed by atoms with E-state index in [1.807, 2.05) is 6.07 Å². The minimum absolute atomic E-state index is 0.0377. The van der Waals surface area contributed by atoms with Gasteiger partial charge in [0.05, 0.1) is 10.2 Å². The molecular weight excluding hydrogens is 206 g/mol. The number of hydrogen-bond donors (Lipinski definition) is 1. The molecule has 0 atom stereocenters. The van der Waals surface area contributed by atoms with Crippen LogP contribution in [0.3, 0.4) is 0 Å². The van der Waals surface area contributed by atoms with E-state index in [2.05, 4.69) is 24.0 Å². The van der Waals surface area contributed by atoms with E-state index in [4.69, 9.17) is 0 Å². The molecule has 0 aliphatic heterocycles. The molecule has 1 heterocycles. The Hall–Kier alpha value is -1.09. The van der Waals surface area contributed by atoms with Crippen molar-refractivity contribution in [2.75, 3.05) is 0 Å². The van der Waals surface area contributed by atoms with Crippen LogP contribution in [0.4, 0.5) is 0 Å². The molecule has 2 nitrogen and oxygen atoms in total. The van der Waals surface area contributed by atoms with Gasteiger partial charge in [0, 0.05) is 0 Å². The maximum Gasteiger partial charge on any atom is 0.305 e. The average molecular weight is 221 g/mol. The van der Waals surface area contributed by atoms with Gasteiger partial charge in [0.1, 0.15) is 0 Å². The van der Waals surface area contributed by atoms with E-state index in [-0.39, 0.29) is 4.87 Å². The molecule has 0 fully saturated rings. The normalized spacial score (nSPS) is 11.0. The van der Waals surface area contributed by atoms with Crippen LogP contribution in [0.5, 0.6) is 0 Å². The molecular formula is C12H15NOS. The number of nitrogens with one attached hydrogen (secondary N) is 1. The standard InChI is InChI=1S/C12H15NOS/c1-2-3-4-5-9-6-7-10-11(8-9)15-12(14)13-10/h6-8H,2-5H2,1H3,(H,13,14). The third-order valence-electron chi connectivity index (χ3n) is 2.55. The van der Waals surface area contributed by atoms with E-state index < -0.39 is 0 Å². The van der Waals surface area contributed by atoms with Crippen LogP contribution in [0.1, 0.15) is 31.7 Å². The van der Waals surface area contributed by atoms with Crippen LogP contribution in [0.15, 0.2) is 23.0 Å². The Balaban J connectivity index is 2.19. The van der Waals surface area contributed by atoms with Crippen molar-refractivity contribution in [3.8, 4) is 0 Å². The van der Waals surface area contributed by atoms with Gasteiger partial charge in [0.2, 0.25) is 0 Å². The zero-order valence-corrected chi connectivity index (χ0v) is 9.69. The van der Waals surface area contributed by atoms with Gasteiger partial charge in [-0.05, 0) is 30.5 Å². The SMILES string of the molecule is CCCCCc1ccc2[nH]c(=O)sc2c1. The zero-order chi connectivity index (χ0) is 10.7. The van der Waals surface area contributed by atoms with Crippen LogP contribution in [-0.2, 0) is 6.42 Å². The lowest BCUT2D eigenvalue weighted by Crippen LogP contribution is -1.89. The van der Waals surface area contributed by atoms with Crippen molar-refractivity contribution >= 4 is 21.6 Å². The second kappa shape index (κ2) is 4.62. The maximum absolute atomic E-state index is 11.1. The highest BCUT2D eigenvalue weighted by Crippen LogP contribution is 2.17. The molecule has 3 heteroatoms. The fourth-order valence-electron chi connectivity index (χ4n) is 1.72. The molecule has 0 aliphatic rings. The van der Waals surface area contributed by atoms with Crippen LogP contribution in [0, 0.1) is 0 Å². The number of aryl methyl sites for hydroxylation is 1. The first-order valence-corrected chi connectivity index (χ1v) is 6.23. The minimum atomic E-state index is 0.0377. The Morgan fingerprint density at radius 1 is 1.33 bits per heavy atom. The summed E-state index contributed by atoms with van der Waals surface area (Å²) in [6.07, 6.45) is 4.89. The Bertz CT molecular complexity index is 498. The van der Waals surface area contributed by atoms with Crippen molar-refractivity contribution in [2.45, 2.75) is 32.6 Å². The Morgan fingerprint density at radius 3 is 3.00 bits per heavy atom. The molecule has 0 aliphatic carbocycles. The van der Waals surface area contributed by atoms with Gasteiger partial charge >= 0.3 is 4.87 Å². The summed E-state index contributed by atoms with van der Waals surface area (Å²) in [6.45, 7) is 2.21. The van der Waals surface area contributed by atoms with Crippen molar-refractivity contribution in [3.05, 3.63) is 33.4 Å². The van der Waals surface area contributed by atoms with Crippen molar-refractivity contribution in [1.29, 1.82) is 0 Å². The molecule has 0 amide bonds. The summed E-state index contributed by atoms with van der Waals surface area (Å²) >= 11 is 1.29. The number of unbranched alkanes of at least 4 members (excludes halogenated alkanes) is 2. The highest BCUT2D eigenvalue weighted by Gasteiger charge is 2.00. The monoisotopic (exact) mass is 221 g/mol. The summed E-state index contributed by atoms with van der Waals surface area (Å²) in [4.78, 5) is 14.0. The quantitative estimate of drug-likeness (QED) is 0.789. The molecule has 0 bridgehead atoms. The van der Waals surface area contributed by atoms with Crippen LogP contribution in [-0.4, -0.2) is 4.98 Å². The predicted molar refractivity (Wildman–Crippen MR) is 65.7 cm³/mol. The van der Waals surface area contributed by atoms with Gasteiger partial charge in [-0.25, -0.2) is 0 Å². The zero-order valence-electron chi connectivity index (χ0n) is 8.88. The van der Waals surface area contributed by atoms with E-state index in [0.29, 0.717) is 0 Å². The topological polar surface area (TPSA) is 32.9 Å². The summed E-state index contributed by atoms with van der Waals surface area (Å²) in [5, 5.41) is 0. The van der Waals surface area contributed by atoms with E-state index >= 15 is 0 Å². The lowest BCUT2D eigenvalue weighted by Gasteiger charge is -1.99. The summed E-state index contributed by atoms with van der Waals surface area (Å²) in [5.41, 5.74) is 2.30. The fraction of sp³-hybridized carbons (Fsp3) is 0.417. The van der Waals surface area contributed by atoms with E-state index in [1.54, 1.807) is 0 Å². The summed E-state index contributed by atoms with van der Waals surface area (Å²) in [5.74, 6) is 0. The summed E-state index contributed by atoms with van der Waals surface area (Å²) in [6, 6.07) is 6.25. The molecule has 0 radical (unpaired) electrons. The predicted octanol–water partition coefficient (Wildman–Crippen LogP) is 3.32. The third kappa shape index (κ3) is 2.48. The number of thiazole rings is 1. The average Bonchev–Trinajstić information content (AvgIpc) is 2.57. The molecule has 1 aromatic carbocycles. The van der Waals surface area contributed by atoms with Crippen molar-refractivity contribution < 1.29 is 0 Å². The first kappa shape index (κ1) is 10.4. The largest absolute Gasteiger partial charge is 0.312 e. The number of fused-ring (bicyclic) bond motifs is 1. The Labute approximate surface area is 93.0 Å². The van der Waals surface area contributed by atoms with Crippen LogP contribution in [0.25, 0.3) is 10.2 Å². The second-order valence-electron chi connectivity index (χ2n) is 3.80. The van der Waals surface area contributed by atoms with Gasteiger partial charge in [-0.2, -0.15) is 0 Å². The van der Waals surface area contributed by atoms with Gasteiger partial charge in [0.25, 0.3) is 0 Å². The molecule has 1 N–H and O–H groups in total. The molecule has 0 saturated heterocycles. The molecule has 1 aromatic heterocycles. The van der Waals surface area contributed by atoms with Gasteiger partial charge in [-0.3, -0.25) is 4.79 Å². The molecule has 0 spiro atoms. The smallest absolute Gasteiger partial charge is 0.305 e. The summed E-state index contributed by atoms with van der Waals surface area (Å²) < 4.78 is 1.08. The molecule has 2 aromatic rings. The highest BCUT2D eigenvalue weighted by atomic mass is 32.1. The number of rotatable bonds is 4. The molecule has 2 rings (SSSR count).